The molecule has 1 aromatic rings. The van der Waals surface area contributed by atoms with Gasteiger partial charge in [0.2, 0.25) is 0 Å². The van der Waals surface area contributed by atoms with Crippen molar-refractivity contribution in [2.75, 3.05) is 13.2 Å². The third kappa shape index (κ3) is 6.29. The van der Waals surface area contributed by atoms with Gasteiger partial charge in [-0.2, -0.15) is 0 Å². The second kappa shape index (κ2) is 9.65. The Bertz CT molecular complexity index is 362. The van der Waals surface area contributed by atoms with Crippen LogP contribution in [0, 0.1) is 5.92 Å². The molecular formula is C17H29NO2. The molecule has 0 saturated heterocycles. The topological polar surface area (TPSA) is 44.5 Å². The van der Waals surface area contributed by atoms with E-state index in [2.05, 4.69) is 13.8 Å². The van der Waals surface area contributed by atoms with Crippen LogP contribution < -0.4 is 15.2 Å². The van der Waals surface area contributed by atoms with Crippen LogP contribution in [-0.2, 0) is 0 Å². The average Bonchev–Trinajstić information content (AvgIpc) is 2.45. The Morgan fingerprint density at radius 1 is 1.10 bits per heavy atom. The van der Waals surface area contributed by atoms with Crippen LogP contribution in [0.4, 0.5) is 0 Å². The molecule has 0 heterocycles. The van der Waals surface area contributed by atoms with Gasteiger partial charge in [-0.3, -0.25) is 0 Å². The van der Waals surface area contributed by atoms with E-state index in [0.29, 0.717) is 12.5 Å². The van der Waals surface area contributed by atoms with Crippen LogP contribution in [0.15, 0.2) is 24.3 Å². The van der Waals surface area contributed by atoms with E-state index < -0.39 is 0 Å². The molecule has 114 valence electrons. The number of benzene rings is 1. The minimum Gasteiger partial charge on any atom is -0.493 e. The summed E-state index contributed by atoms with van der Waals surface area (Å²) in [6, 6.07) is 7.83. The van der Waals surface area contributed by atoms with E-state index in [4.69, 9.17) is 15.2 Å². The first kappa shape index (κ1) is 16.8. The molecule has 1 unspecified atom stereocenters. The van der Waals surface area contributed by atoms with Gasteiger partial charge in [0.1, 0.15) is 17.6 Å². The molecule has 1 atom stereocenters. The van der Waals surface area contributed by atoms with Crippen LogP contribution in [0.1, 0.15) is 46.5 Å². The quantitative estimate of drug-likeness (QED) is 0.704. The molecule has 0 radical (unpaired) electrons. The molecule has 0 aliphatic rings. The maximum absolute atomic E-state index is 5.92. The molecular weight excluding hydrogens is 250 g/mol. The van der Waals surface area contributed by atoms with Crippen molar-refractivity contribution in [3.05, 3.63) is 24.3 Å². The molecule has 0 aliphatic carbocycles. The van der Waals surface area contributed by atoms with Gasteiger partial charge >= 0.3 is 0 Å². The summed E-state index contributed by atoms with van der Waals surface area (Å²) in [6.07, 6.45) is 4.91. The van der Waals surface area contributed by atoms with E-state index in [1.165, 1.54) is 25.7 Å². The van der Waals surface area contributed by atoms with Crippen LogP contribution in [-0.4, -0.2) is 19.3 Å². The summed E-state index contributed by atoms with van der Waals surface area (Å²) >= 11 is 0. The first-order chi connectivity index (χ1) is 9.69. The highest BCUT2D eigenvalue weighted by Gasteiger charge is 2.08. The molecule has 0 bridgehead atoms. The summed E-state index contributed by atoms with van der Waals surface area (Å²) in [5.74, 6) is 2.35. The van der Waals surface area contributed by atoms with E-state index in [-0.39, 0.29) is 6.10 Å². The first-order valence-corrected chi connectivity index (χ1v) is 7.79. The Balaban J connectivity index is 2.52. The molecule has 20 heavy (non-hydrogen) atoms. The van der Waals surface area contributed by atoms with Crippen LogP contribution in [0.25, 0.3) is 0 Å². The van der Waals surface area contributed by atoms with Crippen LogP contribution in [0.2, 0.25) is 0 Å². The lowest BCUT2D eigenvalue weighted by atomic mass is 9.99. The molecule has 1 aromatic carbocycles. The molecule has 1 rings (SSSR count). The van der Waals surface area contributed by atoms with Gasteiger partial charge in [0, 0.05) is 12.6 Å². The number of hydrogen-bond acceptors (Lipinski definition) is 3. The molecule has 0 fully saturated rings. The van der Waals surface area contributed by atoms with E-state index >= 15 is 0 Å². The van der Waals surface area contributed by atoms with Crippen molar-refractivity contribution in [2.24, 2.45) is 11.7 Å². The fraction of sp³-hybridized carbons (Fsp3) is 0.647. The van der Waals surface area contributed by atoms with Crippen molar-refractivity contribution in [2.45, 2.75) is 52.6 Å². The van der Waals surface area contributed by atoms with Crippen molar-refractivity contribution < 1.29 is 9.47 Å². The van der Waals surface area contributed by atoms with E-state index in [9.17, 15) is 0 Å². The van der Waals surface area contributed by atoms with Crippen molar-refractivity contribution in [3.63, 3.8) is 0 Å². The van der Waals surface area contributed by atoms with E-state index in [1.54, 1.807) is 0 Å². The predicted octanol–water partition coefficient (Wildman–Crippen LogP) is 4.01. The minimum atomic E-state index is 0.0261. The van der Waals surface area contributed by atoms with Gasteiger partial charge in [0.15, 0.2) is 0 Å². The van der Waals surface area contributed by atoms with Crippen molar-refractivity contribution in [1.82, 2.24) is 0 Å². The highest BCUT2D eigenvalue weighted by molar-refractivity contribution is 5.33. The smallest absolute Gasteiger partial charge is 0.123 e. The van der Waals surface area contributed by atoms with Gasteiger partial charge in [-0.15, -0.1) is 0 Å². The summed E-state index contributed by atoms with van der Waals surface area (Å²) in [7, 11) is 0. The maximum Gasteiger partial charge on any atom is 0.123 e. The lowest BCUT2D eigenvalue weighted by Crippen LogP contribution is -2.22. The molecule has 0 amide bonds. The van der Waals surface area contributed by atoms with Crippen molar-refractivity contribution >= 4 is 0 Å². The number of rotatable bonds is 10. The number of ether oxygens (including phenoxy) is 2. The maximum atomic E-state index is 5.92. The van der Waals surface area contributed by atoms with Crippen LogP contribution >= 0.6 is 0 Å². The van der Waals surface area contributed by atoms with Crippen LogP contribution in [0.5, 0.6) is 11.5 Å². The average molecular weight is 279 g/mol. The molecule has 0 spiro atoms. The van der Waals surface area contributed by atoms with Crippen molar-refractivity contribution in [1.29, 1.82) is 0 Å². The first-order valence-electron chi connectivity index (χ1n) is 7.79. The zero-order valence-corrected chi connectivity index (χ0v) is 13.1. The molecule has 0 saturated carbocycles. The second-order valence-electron chi connectivity index (χ2n) is 5.39. The summed E-state index contributed by atoms with van der Waals surface area (Å²) < 4.78 is 11.6. The summed E-state index contributed by atoms with van der Waals surface area (Å²) in [6.45, 7) is 7.72. The molecule has 3 heteroatoms. The van der Waals surface area contributed by atoms with E-state index in [1.807, 2.05) is 31.2 Å². The third-order valence-corrected chi connectivity index (χ3v) is 3.35. The Hall–Kier alpha value is -1.22. The Morgan fingerprint density at radius 3 is 2.35 bits per heavy atom. The number of nitrogens with two attached hydrogens (primary N) is 1. The second-order valence-corrected chi connectivity index (χ2v) is 5.39. The zero-order valence-electron chi connectivity index (χ0n) is 13.1. The Labute approximate surface area is 123 Å². The SMILES string of the molecule is CCCC(CCC)COc1cccc(OC(C)CN)c1. The predicted molar refractivity (Wildman–Crippen MR) is 84.4 cm³/mol. The standard InChI is InChI=1S/C17H29NO2/c1-4-7-15(8-5-2)13-19-16-9-6-10-17(11-16)20-14(3)12-18/h6,9-11,14-15H,4-5,7-8,12-13,18H2,1-3H3. The fourth-order valence-corrected chi connectivity index (χ4v) is 2.26. The Morgan fingerprint density at radius 2 is 1.75 bits per heavy atom. The van der Waals surface area contributed by atoms with Crippen molar-refractivity contribution in [3.8, 4) is 11.5 Å². The third-order valence-electron chi connectivity index (χ3n) is 3.35. The molecule has 2 N–H and O–H groups in total. The van der Waals surface area contributed by atoms with Gasteiger partial charge in [0.05, 0.1) is 6.61 Å². The highest BCUT2D eigenvalue weighted by Crippen LogP contribution is 2.22. The van der Waals surface area contributed by atoms with E-state index in [0.717, 1.165) is 18.1 Å². The van der Waals surface area contributed by atoms with Gasteiger partial charge in [-0.25, -0.2) is 0 Å². The monoisotopic (exact) mass is 279 g/mol. The Kier molecular flexibility index (Phi) is 8.12. The summed E-state index contributed by atoms with van der Waals surface area (Å²) in [4.78, 5) is 0. The lowest BCUT2D eigenvalue weighted by Gasteiger charge is -2.17. The normalized spacial score (nSPS) is 12.4. The molecule has 3 nitrogen and oxygen atoms in total. The minimum absolute atomic E-state index is 0.0261. The molecule has 0 aromatic heterocycles. The zero-order chi connectivity index (χ0) is 14.8. The van der Waals surface area contributed by atoms with Crippen LogP contribution in [0.3, 0.4) is 0 Å². The van der Waals surface area contributed by atoms with Gasteiger partial charge in [0.25, 0.3) is 0 Å². The highest BCUT2D eigenvalue weighted by atomic mass is 16.5. The van der Waals surface area contributed by atoms with Gasteiger partial charge in [-0.05, 0) is 37.8 Å². The van der Waals surface area contributed by atoms with Gasteiger partial charge < -0.3 is 15.2 Å². The number of hydrogen-bond donors (Lipinski definition) is 1. The lowest BCUT2D eigenvalue weighted by molar-refractivity contribution is 0.218. The largest absolute Gasteiger partial charge is 0.493 e. The summed E-state index contributed by atoms with van der Waals surface area (Å²) in [5, 5.41) is 0. The summed E-state index contributed by atoms with van der Waals surface area (Å²) in [5.41, 5.74) is 5.57. The molecule has 0 aliphatic heterocycles. The fourth-order valence-electron chi connectivity index (χ4n) is 2.26. The van der Waals surface area contributed by atoms with Gasteiger partial charge in [-0.1, -0.05) is 32.8 Å².